The van der Waals surface area contributed by atoms with Crippen LogP contribution in [0.5, 0.6) is 5.75 Å². The molecule has 17 heavy (non-hydrogen) atoms. The summed E-state index contributed by atoms with van der Waals surface area (Å²) in [5.41, 5.74) is 2.88. The molecule has 0 aliphatic heterocycles. The third-order valence-electron chi connectivity index (χ3n) is 2.88. The fraction of sp³-hybridized carbons (Fsp3) is 0.200. The maximum Gasteiger partial charge on any atom is 0.115 e. The van der Waals surface area contributed by atoms with Crippen molar-refractivity contribution in [1.29, 1.82) is 0 Å². The Morgan fingerprint density at radius 2 is 1.71 bits per heavy atom. The molecule has 0 heterocycles. The molecule has 1 atom stereocenters. The lowest BCUT2D eigenvalue weighted by molar-refractivity contribution is 0.220. The minimum Gasteiger partial charge on any atom is -0.508 e. The van der Waals surface area contributed by atoms with E-state index in [-0.39, 0.29) is 5.75 Å². The summed E-state index contributed by atoms with van der Waals surface area (Å²) in [5.74, 6) is 0.211. The molecule has 0 radical (unpaired) electrons. The third-order valence-corrected chi connectivity index (χ3v) is 2.88. The molecule has 0 saturated heterocycles. The number of hydrogen-bond acceptors (Lipinski definition) is 2. The number of hydrogen-bond donors (Lipinski definition) is 2. The first kappa shape index (κ1) is 11.7. The fourth-order valence-electron chi connectivity index (χ4n) is 1.83. The first-order chi connectivity index (χ1) is 8.20. The van der Waals surface area contributed by atoms with Gasteiger partial charge in [-0.2, -0.15) is 0 Å². The number of rotatable bonds is 3. The van der Waals surface area contributed by atoms with Crippen molar-refractivity contribution in [3.8, 4) is 5.75 Å². The van der Waals surface area contributed by atoms with Gasteiger partial charge in [0.05, 0.1) is 0 Å². The molecule has 0 fully saturated rings. The van der Waals surface area contributed by atoms with Crippen molar-refractivity contribution in [1.82, 2.24) is 0 Å². The summed E-state index contributed by atoms with van der Waals surface area (Å²) in [4.78, 5) is 0. The van der Waals surface area contributed by atoms with Gasteiger partial charge >= 0.3 is 0 Å². The Balaban J connectivity index is 2.29. The Morgan fingerprint density at radius 1 is 1.00 bits per heavy atom. The molecule has 0 saturated carbocycles. The summed E-state index contributed by atoms with van der Waals surface area (Å²) in [6.45, 7) is 2.09. The molecule has 0 aliphatic carbocycles. The van der Waals surface area contributed by atoms with E-state index in [4.69, 9.17) is 0 Å². The van der Waals surface area contributed by atoms with Gasteiger partial charge < -0.3 is 10.2 Å². The molecule has 0 aliphatic rings. The van der Waals surface area contributed by atoms with Gasteiger partial charge in [0.15, 0.2) is 0 Å². The summed E-state index contributed by atoms with van der Waals surface area (Å²) < 4.78 is 0. The minimum atomic E-state index is -0.637. The van der Waals surface area contributed by atoms with Gasteiger partial charge in [-0.25, -0.2) is 0 Å². The zero-order valence-electron chi connectivity index (χ0n) is 9.80. The maximum absolute atomic E-state index is 10.2. The number of phenolic OH excluding ortho intramolecular Hbond substituents is 1. The van der Waals surface area contributed by atoms with E-state index in [0.717, 1.165) is 17.5 Å². The van der Waals surface area contributed by atoms with Crippen LogP contribution < -0.4 is 0 Å². The van der Waals surface area contributed by atoms with Crippen LogP contribution in [-0.4, -0.2) is 10.2 Å². The predicted molar refractivity (Wildman–Crippen MR) is 68.0 cm³/mol. The molecule has 0 amide bonds. The van der Waals surface area contributed by atoms with E-state index >= 15 is 0 Å². The van der Waals surface area contributed by atoms with Crippen LogP contribution in [0.2, 0.25) is 0 Å². The normalized spacial score (nSPS) is 12.4. The lowest BCUT2D eigenvalue weighted by Crippen LogP contribution is -1.99. The van der Waals surface area contributed by atoms with Crippen molar-refractivity contribution in [3.05, 3.63) is 65.2 Å². The molecule has 0 bridgehead atoms. The highest BCUT2D eigenvalue weighted by molar-refractivity contribution is 5.35. The lowest BCUT2D eigenvalue weighted by atomic mass is 9.99. The lowest BCUT2D eigenvalue weighted by Gasteiger charge is -2.12. The van der Waals surface area contributed by atoms with Gasteiger partial charge in [0, 0.05) is 0 Å². The van der Waals surface area contributed by atoms with E-state index in [1.54, 1.807) is 24.3 Å². The van der Waals surface area contributed by atoms with Crippen LogP contribution >= 0.6 is 0 Å². The minimum absolute atomic E-state index is 0.211. The van der Waals surface area contributed by atoms with Gasteiger partial charge in [-0.05, 0) is 35.2 Å². The number of aliphatic hydroxyl groups is 1. The second-order valence-electron chi connectivity index (χ2n) is 4.09. The highest BCUT2D eigenvalue weighted by atomic mass is 16.3. The maximum atomic E-state index is 10.2. The molecule has 2 nitrogen and oxygen atoms in total. The SMILES string of the molecule is CCc1cccc(C(O)c2ccc(O)cc2)c1. The fourth-order valence-corrected chi connectivity index (χ4v) is 1.83. The van der Waals surface area contributed by atoms with Crippen LogP contribution in [0.4, 0.5) is 0 Å². The van der Waals surface area contributed by atoms with Crippen molar-refractivity contribution in [3.63, 3.8) is 0 Å². The van der Waals surface area contributed by atoms with Crippen LogP contribution in [-0.2, 0) is 6.42 Å². The molecule has 2 aromatic carbocycles. The van der Waals surface area contributed by atoms with Crippen molar-refractivity contribution < 1.29 is 10.2 Å². The first-order valence-corrected chi connectivity index (χ1v) is 5.76. The highest BCUT2D eigenvalue weighted by Crippen LogP contribution is 2.24. The van der Waals surface area contributed by atoms with Gasteiger partial charge in [-0.1, -0.05) is 43.3 Å². The van der Waals surface area contributed by atoms with Crippen LogP contribution in [0, 0.1) is 0 Å². The number of phenols is 1. The topological polar surface area (TPSA) is 40.5 Å². The van der Waals surface area contributed by atoms with E-state index in [9.17, 15) is 10.2 Å². The Morgan fingerprint density at radius 3 is 2.35 bits per heavy atom. The van der Waals surface area contributed by atoms with Crippen LogP contribution in [0.3, 0.4) is 0 Å². The summed E-state index contributed by atoms with van der Waals surface area (Å²) in [6, 6.07) is 14.6. The number of aromatic hydroxyl groups is 1. The second-order valence-corrected chi connectivity index (χ2v) is 4.09. The third kappa shape index (κ3) is 2.66. The first-order valence-electron chi connectivity index (χ1n) is 5.76. The van der Waals surface area contributed by atoms with Gasteiger partial charge in [-0.15, -0.1) is 0 Å². The van der Waals surface area contributed by atoms with Crippen molar-refractivity contribution in [2.75, 3.05) is 0 Å². The largest absolute Gasteiger partial charge is 0.508 e. The summed E-state index contributed by atoms with van der Waals surface area (Å²) in [7, 11) is 0. The van der Waals surface area contributed by atoms with Crippen LogP contribution in [0.1, 0.15) is 29.7 Å². The second kappa shape index (κ2) is 5.02. The molecule has 2 aromatic rings. The van der Waals surface area contributed by atoms with Crippen LogP contribution in [0.15, 0.2) is 48.5 Å². The van der Waals surface area contributed by atoms with Crippen molar-refractivity contribution in [2.24, 2.45) is 0 Å². The average Bonchev–Trinajstić information content (AvgIpc) is 2.39. The standard InChI is InChI=1S/C15H16O2/c1-2-11-4-3-5-13(10-11)15(17)12-6-8-14(16)9-7-12/h3-10,15-17H,2H2,1H3. The number of aliphatic hydroxyl groups excluding tert-OH is 1. The molecule has 0 aromatic heterocycles. The molecule has 2 rings (SSSR count). The Bertz CT molecular complexity index is 489. The van der Waals surface area contributed by atoms with E-state index < -0.39 is 6.10 Å². The summed E-state index contributed by atoms with van der Waals surface area (Å²) in [6.07, 6.45) is 0.318. The van der Waals surface area contributed by atoms with Gasteiger partial charge in [-0.3, -0.25) is 0 Å². The van der Waals surface area contributed by atoms with Crippen LogP contribution in [0.25, 0.3) is 0 Å². The number of benzene rings is 2. The average molecular weight is 228 g/mol. The molecule has 2 N–H and O–H groups in total. The van der Waals surface area contributed by atoms with E-state index in [1.165, 1.54) is 5.56 Å². The smallest absolute Gasteiger partial charge is 0.115 e. The quantitative estimate of drug-likeness (QED) is 0.847. The highest BCUT2D eigenvalue weighted by Gasteiger charge is 2.10. The zero-order chi connectivity index (χ0) is 12.3. The molecule has 88 valence electrons. The van der Waals surface area contributed by atoms with E-state index in [2.05, 4.69) is 6.92 Å². The zero-order valence-corrected chi connectivity index (χ0v) is 9.80. The number of aryl methyl sites for hydroxylation is 1. The predicted octanol–water partition coefficient (Wildman–Crippen LogP) is 3.04. The monoisotopic (exact) mass is 228 g/mol. The Labute approximate surface area is 101 Å². The molecule has 1 unspecified atom stereocenters. The van der Waals surface area contributed by atoms with Crippen molar-refractivity contribution >= 4 is 0 Å². The van der Waals surface area contributed by atoms with Crippen molar-refractivity contribution in [2.45, 2.75) is 19.4 Å². The Kier molecular flexibility index (Phi) is 3.45. The van der Waals surface area contributed by atoms with Gasteiger partial charge in [0.2, 0.25) is 0 Å². The van der Waals surface area contributed by atoms with Gasteiger partial charge in [0.1, 0.15) is 11.9 Å². The summed E-state index contributed by atoms with van der Waals surface area (Å²) >= 11 is 0. The molecule has 0 spiro atoms. The van der Waals surface area contributed by atoms with E-state index in [1.807, 2.05) is 24.3 Å². The molecular weight excluding hydrogens is 212 g/mol. The molecule has 2 heteroatoms. The van der Waals surface area contributed by atoms with Gasteiger partial charge in [0.25, 0.3) is 0 Å². The summed E-state index contributed by atoms with van der Waals surface area (Å²) in [5, 5.41) is 19.4. The van der Waals surface area contributed by atoms with E-state index in [0.29, 0.717) is 0 Å². The Hall–Kier alpha value is -1.80. The molecular formula is C15H16O2.